The normalized spacial score (nSPS) is 19.8. The van der Waals surface area contributed by atoms with E-state index in [0.717, 1.165) is 5.56 Å². The molecule has 2 atom stereocenters. The Kier molecular flexibility index (Phi) is 8.50. The Balaban J connectivity index is 1.46. The molecule has 3 N–H and O–H groups in total. The second-order valence-electron chi connectivity index (χ2n) is 9.70. The van der Waals surface area contributed by atoms with Crippen molar-refractivity contribution in [3.05, 3.63) is 59.9 Å². The van der Waals surface area contributed by atoms with Gasteiger partial charge in [-0.1, -0.05) is 30.3 Å². The monoisotopic (exact) mass is 577 g/mol. The van der Waals surface area contributed by atoms with Crippen LogP contribution in [0, 0.1) is 0 Å². The van der Waals surface area contributed by atoms with Gasteiger partial charge < -0.3 is 35.1 Å². The minimum atomic E-state index is -0.939. The zero-order valence-electron chi connectivity index (χ0n) is 23.2. The number of nitrogens with one attached hydrogen (secondary N) is 3. The van der Waals surface area contributed by atoms with Crippen molar-refractivity contribution in [2.75, 3.05) is 40.0 Å². The molecule has 3 heterocycles. The number of carbonyl (C=O) groups excluding carboxylic acids is 4. The van der Waals surface area contributed by atoms with Crippen LogP contribution < -0.4 is 25.4 Å². The first kappa shape index (κ1) is 28.4. The summed E-state index contributed by atoms with van der Waals surface area (Å²) in [5, 5.41) is 12.7. The van der Waals surface area contributed by atoms with Gasteiger partial charge in [0.25, 0.3) is 5.91 Å². The summed E-state index contributed by atoms with van der Waals surface area (Å²) in [6.45, 7) is 1.80. The molecule has 1 aromatic heterocycles. The molecule has 0 aliphatic carbocycles. The number of hydrogen-bond donors (Lipinski definition) is 3. The van der Waals surface area contributed by atoms with Crippen molar-refractivity contribution in [2.24, 2.45) is 0 Å². The van der Waals surface area contributed by atoms with E-state index < -0.39 is 35.9 Å². The molecule has 14 nitrogen and oxygen atoms in total. The Labute approximate surface area is 241 Å². The summed E-state index contributed by atoms with van der Waals surface area (Å²) in [5.41, 5.74) is 1.13. The van der Waals surface area contributed by atoms with Crippen LogP contribution in [0.25, 0.3) is 11.4 Å². The second-order valence-corrected chi connectivity index (χ2v) is 9.70. The van der Waals surface area contributed by atoms with Gasteiger partial charge in [-0.15, -0.1) is 0 Å². The van der Waals surface area contributed by atoms with E-state index in [1.807, 2.05) is 30.3 Å². The number of hydrogen-bond acceptors (Lipinski definition) is 9. The highest BCUT2D eigenvalue weighted by molar-refractivity contribution is 5.95. The fraction of sp³-hybridized carbons (Fsp3) is 0.357. The molecule has 4 amide bonds. The molecule has 0 saturated carbocycles. The molecule has 5 rings (SSSR count). The van der Waals surface area contributed by atoms with Crippen molar-refractivity contribution in [1.29, 1.82) is 0 Å². The lowest BCUT2D eigenvalue weighted by molar-refractivity contribution is -0.137. The zero-order valence-corrected chi connectivity index (χ0v) is 23.2. The van der Waals surface area contributed by atoms with Crippen LogP contribution in [0.1, 0.15) is 29.1 Å². The lowest BCUT2D eigenvalue weighted by atomic mass is 10.2. The first-order valence-corrected chi connectivity index (χ1v) is 13.4. The molecule has 3 aromatic rings. The largest absolute Gasteiger partial charge is 0.493 e. The van der Waals surface area contributed by atoms with E-state index in [1.165, 1.54) is 12.0 Å². The van der Waals surface area contributed by atoms with Crippen molar-refractivity contribution < 1.29 is 33.4 Å². The maximum atomic E-state index is 13.2. The summed E-state index contributed by atoms with van der Waals surface area (Å²) < 4.78 is 17.9. The maximum Gasteiger partial charge on any atom is 0.407 e. The third-order valence-electron chi connectivity index (χ3n) is 6.77. The van der Waals surface area contributed by atoms with E-state index in [9.17, 15) is 19.2 Å². The van der Waals surface area contributed by atoms with Crippen molar-refractivity contribution in [2.45, 2.75) is 25.6 Å². The first-order chi connectivity index (χ1) is 20.3. The van der Waals surface area contributed by atoms with Gasteiger partial charge in [0.05, 0.1) is 26.2 Å². The number of carbonyl (C=O) groups is 4. The summed E-state index contributed by atoms with van der Waals surface area (Å²) in [7, 11) is 1.51. The Morgan fingerprint density at radius 2 is 1.83 bits per heavy atom. The van der Waals surface area contributed by atoms with Crippen molar-refractivity contribution in [3.63, 3.8) is 0 Å². The Morgan fingerprint density at radius 1 is 1.02 bits per heavy atom. The SMILES string of the molecule is COc1ccc2cc1OCCn1nc(-c3ccccc3)nc1[C@@H](C)NC(=O)CN(C(=O)[C@@H]1COC(=O)N1)CCNC2=O. The Bertz CT molecular complexity index is 1480. The fourth-order valence-electron chi connectivity index (χ4n) is 4.66. The molecule has 2 bridgehead atoms. The summed E-state index contributed by atoms with van der Waals surface area (Å²) >= 11 is 0. The van der Waals surface area contributed by atoms with Gasteiger partial charge in [-0.25, -0.2) is 14.5 Å². The van der Waals surface area contributed by atoms with Gasteiger partial charge in [-0.2, -0.15) is 5.10 Å². The van der Waals surface area contributed by atoms with Gasteiger partial charge in [-0.3, -0.25) is 14.4 Å². The number of alkyl carbamates (subject to hydrolysis) is 1. The summed E-state index contributed by atoms with van der Waals surface area (Å²) in [4.78, 5) is 56.8. The van der Waals surface area contributed by atoms with Crippen LogP contribution in [0.5, 0.6) is 11.5 Å². The van der Waals surface area contributed by atoms with E-state index in [2.05, 4.69) is 21.0 Å². The third-order valence-corrected chi connectivity index (χ3v) is 6.77. The molecule has 1 saturated heterocycles. The van der Waals surface area contributed by atoms with Gasteiger partial charge >= 0.3 is 6.09 Å². The van der Waals surface area contributed by atoms with Gasteiger partial charge in [0.1, 0.15) is 25.1 Å². The lowest BCUT2D eigenvalue weighted by Crippen LogP contribution is -2.51. The summed E-state index contributed by atoms with van der Waals surface area (Å²) in [5.74, 6) is 0.417. The number of nitrogens with zero attached hydrogens (tertiary/aromatic N) is 4. The number of rotatable bonds is 3. The minimum Gasteiger partial charge on any atom is -0.493 e. The molecule has 14 heteroatoms. The number of benzene rings is 2. The highest BCUT2D eigenvalue weighted by Gasteiger charge is 2.33. The summed E-state index contributed by atoms with van der Waals surface area (Å²) in [6, 6.07) is 12.7. The second kappa shape index (κ2) is 12.6. The first-order valence-electron chi connectivity index (χ1n) is 13.4. The summed E-state index contributed by atoms with van der Waals surface area (Å²) in [6.07, 6.45) is -0.712. The number of methoxy groups -OCH3 is 1. The molecule has 42 heavy (non-hydrogen) atoms. The quantitative estimate of drug-likeness (QED) is 0.410. The van der Waals surface area contributed by atoms with Crippen LogP contribution in [0.15, 0.2) is 48.5 Å². The number of amides is 4. The predicted molar refractivity (Wildman–Crippen MR) is 148 cm³/mol. The van der Waals surface area contributed by atoms with Crippen LogP contribution in [-0.4, -0.2) is 89.5 Å². The molecule has 220 valence electrons. The van der Waals surface area contributed by atoms with Gasteiger partial charge in [0.15, 0.2) is 17.3 Å². The number of cyclic esters (lactones) is 1. The number of fused-ring (bicyclic) bond motifs is 3. The van der Waals surface area contributed by atoms with E-state index in [4.69, 9.17) is 19.2 Å². The van der Waals surface area contributed by atoms with E-state index in [-0.39, 0.29) is 39.4 Å². The van der Waals surface area contributed by atoms with Gasteiger partial charge in [0, 0.05) is 24.2 Å². The maximum absolute atomic E-state index is 13.2. The van der Waals surface area contributed by atoms with Gasteiger partial charge in [-0.05, 0) is 25.1 Å². The molecule has 2 aromatic carbocycles. The van der Waals surface area contributed by atoms with Crippen LogP contribution in [0.3, 0.4) is 0 Å². The molecular weight excluding hydrogens is 546 g/mol. The molecule has 2 aliphatic rings. The molecule has 0 unspecified atom stereocenters. The molecule has 1 fully saturated rings. The molecule has 2 aliphatic heterocycles. The highest BCUT2D eigenvalue weighted by atomic mass is 16.6. The Hall–Kier alpha value is -5.14. The van der Waals surface area contributed by atoms with E-state index >= 15 is 0 Å². The van der Waals surface area contributed by atoms with Gasteiger partial charge in [0.2, 0.25) is 11.8 Å². The Morgan fingerprint density at radius 3 is 2.57 bits per heavy atom. The van der Waals surface area contributed by atoms with E-state index in [1.54, 1.807) is 29.8 Å². The van der Waals surface area contributed by atoms with E-state index in [0.29, 0.717) is 28.7 Å². The lowest BCUT2D eigenvalue weighted by Gasteiger charge is -2.25. The predicted octanol–water partition coefficient (Wildman–Crippen LogP) is 0.890. The zero-order chi connectivity index (χ0) is 29.6. The van der Waals surface area contributed by atoms with Crippen molar-refractivity contribution >= 4 is 23.8 Å². The average Bonchev–Trinajstić information content (AvgIpc) is 3.62. The standard InChI is InChI=1S/C28H31N7O7/c1-17-25-32-24(18-6-4-3-5-7-18)33-35(25)12-13-41-22-14-19(8-9-21(22)40-2)26(37)29-10-11-34(15-23(36)30-17)27(38)20-16-42-28(39)31-20/h3-9,14,17,20H,10-13,15-16H2,1-2H3,(H,29,37)(H,30,36)(H,31,39)/t17-,20+/m1/s1. The third kappa shape index (κ3) is 6.43. The highest BCUT2D eigenvalue weighted by Crippen LogP contribution is 2.28. The minimum absolute atomic E-state index is 0.00654. The molecular formula is C28H31N7O7. The van der Waals surface area contributed by atoms with Crippen LogP contribution in [0.2, 0.25) is 0 Å². The van der Waals surface area contributed by atoms with Crippen molar-refractivity contribution in [1.82, 2.24) is 35.6 Å². The molecule has 0 spiro atoms. The van der Waals surface area contributed by atoms with Crippen LogP contribution >= 0.6 is 0 Å². The number of ether oxygens (including phenoxy) is 3. The van der Waals surface area contributed by atoms with Crippen LogP contribution in [-0.2, 0) is 20.9 Å². The fourth-order valence-corrected chi connectivity index (χ4v) is 4.66. The van der Waals surface area contributed by atoms with Crippen LogP contribution in [0.4, 0.5) is 4.79 Å². The molecule has 0 radical (unpaired) electrons. The number of aromatic nitrogens is 3. The smallest absolute Gasteiger partial charge is 0.407 e. The van der Waals surface area contributed by atoms with Crippen molar-refractivity contribution in [3.8, 4) is 22.9 Å². The topological polar surface area (TPSA) is 166 Å². The average molecular weight is 578 g/mol.